The number of aromatic nitrogens is 1. The molecule has 0 aliphatic heterocycles. The molecule has 0 aliphatic rings. The van der Waals surface area contributed by atoms with Crippen molar-refractivity contribution in [2.24, 2.45) is 4.40 Å². The number of thioether (sulfide) groups is 1. The predicted octanol–water partition coefficient (Wildman–Crippen LogP) is 4.19. The highest BCUT2D eigenvalue weighted by Crippen LogP contribution is 2.25. The van der Waals surface area contributed by atoms with Crippen LogP contribution in [0.15, 0.2) is 49.2 Å². The lowest BCUT2D eigenvalue weighted by molar-refractivity contribution is 0.596. The molecule has 0 radical (unpaired) electrons. The van der Waals surface area contributed by atoms with Gasteiger partial charge in [0.1, 0.15) is 4.21 Å². The minimum Gasteiger partial charge on any atom is -0.316 e. The molecule has 0 amide bonds. The zero-order valence-electron chi connectivity index (χ0n) is 12.7. The number of thiophene rings is 1. The van der Waals surface area contributed by atoms with Crippen LogP contribution in [-0.2, 0) is 16.6 Å². The van der Waals surface area contributed by atoms with Crippen LogP contribution in [0.3, 0.4) is 0 Å². The summed E-state index contributed by atoms with van der Waals surface area (Å²) in [6, 6.07) is 9.51. The Kier molecular flexibility index (Phi) is 4.96. The Bertz CT molecular complexity index is 982. The highest BCUT2D eigenvalue weighted by molar-refractivity contribution is 7.98. The van der Waals surface area contributed by atoms with Gasteiger partial charge in [0.2, 0.25) is 4.80 Å². The quantitative estimate of drug-likeness (QED) is 0.620. The van der Waals surface area contributed by atoms with Gasteiger partial charge in [-0.2, -0.15) is 8.42 Å². The molecule has 2 heterocycles. The van der Waals surface area contributed by atoms with E-state index in [0.717, 1.165) is 28.1 Å². The van der Waals surface area contributed by atoms with Gasteiger partial charge in [0, 0.05) is 11.4 Å². The monoisotopic (exact) mass is 384 g/mol. The molecule has 122 valence electrons. The number of nitrogens with zero attached hydrogens (tertiary/aromatic N) is 2. The van der Waals surface area contributed by atoms with E-state index in [9.17, 15) is 8.42 Å². The number of fused-ring (bicyclic) bond motifs is 1. The van der Waals surface area contributed by atoms with Crippen molar-refractivity contribution >= 4 is 54.7 Å². The van der Waals surface area contributed by atoms with Crippen molar-refractivity contribution in [1.82, 2.24) is 4.57 Å². The molecule has 4 nitrogen and oxygen atoms in total. The van der Waals surface area contributed by atoms with Gasteiger partial charge in [-0.15, -0.1) is 27.5 Å². The van der Waals surface area contributed by atoms with Crippen LogP contribution in [0, 0.1) is 0 Å². The zero-order valence-corrected chi connectivity index (χ0v) is 16.0. The summed E-state index contributed by atoms with van der Waals surface area (Å²) < 4.78 is 32.3. The standard InChI is InChI=1S/C15H16N2O2S4/c1-3-8-17-12-7-6-11(20-2)10-13(12)22-15(17)16-23(18,19)14-5-4-9-21-14/h4-7,9-10H,3,8H2,1-2H3. The van der Waals surface area contributed by atoms with E-state index in [1.807, 2.05) is 16.9 Å². The first-order valence-corrected chi connectivity index (χ1v) is 11.4. The minimum absolute atomic E-state index is 0.280. The normalized spacial score (nSPS) is 13.0. The van der Waals surface area contributed by atoms with Crippen LogP contribution < -0.4 is 4.80 Å². The second kappa shape index (κ2) is 6.80. The van der Waals surface area contributed by atoms with Gasteiger partial charge >= 0.3 is 0 Å². The summed E-state index contributed by atoms with van der Waals surface area (Å²) in [5, 5.41) is 1.75. The summed E-state index contributed by atoms with van der Waals surface area (Å²) in [5.41, 5.74) is 1.04. The third kappa shape index (κ3) is 3.40. The van der Waals surface area contributed by atoms with E-state index in [-0.39, 0.29) is 4.21 Å². The lowest BCUT2D eigenvalue weighted by atomic mass is 10.3. The van der Waals surface area contributed by atoms with Crippen molar-refractivity contribution < 1.29 is 8.42 Å². The van der Waals surface area contributed by atoms with E-state index >= 15 is 0 Å². The maximum absolute atomic E-state index is 12.5. The molecule has 0 aliphatic carbocycles. The van der Waals surface area contributed by atoms with Crippen molar-refractivity contribution in [3.8, 4) is 0 Å². The smallest absolute Gasteiger partial charge is 0.294 e. The SMILES string of the molecule is CCCn1c(=NS(=O)(=O)c2cccs2)sc2cc(SC)ccc21. The molecule has 0 spiro atoms. The summed E-state index contributed by atoms with van der Waals surface area (Å²) in [6.45, 7) is 2.82. The topological polar surface area (TPSA) is 51.4 Å². The number of thiazole rings is 1. The summed E-state index contributed by atoms with van der Waals surface area (Å²) in [7, 11) is -3.65. The minimum atomic E-state index is -3.65. The van der Waals surface area contributed by atoms with Gasteiger partial charge in [-0.1, -0.05) is 24.3 Å². The highest BCUT2D eigenvalue weighted by atomic mass is 32.2. The van der Waals surface area contributed by atoms with Crippen LogP contribution in [0.4, 0.5) is 0 Å². The van der Waals surface area contributed by atoms with E-state index in [4.69, 9.17) is 0 Å². The average Bonchev–Trinajstić information content (AvgIpc) is 3.16. The molecule has 1 aromatic carbocycles. The molecule has 0 N–H and O–H groups in total. The van der Waals surface area contributed by atoms with Crippen molar-refractivity contribution in [2.75, 3.05) is 6.26 Å². The summed E-state index contributed by atoms with van der Waals surface area (Å²) in [4.78, 5) is 1.70. The number of hydrogen-bond acceptors (Lipinski definition) is 5. The molecule has 0 bridgehead atoms. The molecule has 2 aromatic heterocycles. The largest absolute Gasteiger partial charge is 0.316 e. The number of rotatable bonds is 5. The van der Waals surface area contributed by atoms with Crippen LogP contribution in [0.1, 0.15) is 13.3 Å². The molecule has 0 unspecified atom stereocenters. The summed E-state index contributed by atoms with van der Waals surface area (Å²) in [5.74, 6) is 0. The van der Waals surface area contributed by atoms with Crippen molar-refractivity contribution in [3.63, 3.8) is 0 Å². The van der Waals surface area contributed by atoms with E-state index in [0.29, 0.717) is 4.80 Å². The van der Waals surface area contributed by atoms with E-state index in [1.54, 1.807) is 29.3 Å². The van der Waals surface area contributed by atoms with Gasteiger partial charge in [0.25, 0.3) is 10.0 Å². The number of aryl methyl sites for hydroxylation is 1. The third-order valence-corrected chi connectivity index (χ3v) is 7.81. The molecular weight excluding hydrogens is 368 g/mol. The van der Waals surface area contributed by atoms with Crippen LogP contribution in [0.2, 0.25) is 0 Å². The summed E-state index contributed by atoms with van der Waals surface area (Å²) >= 11 is 4.29. The van der Waals surface area contributed by atoms with E-state index in [2.05, 4.69) is 23.5 Å². The highest BCUT2D eigenvalue weighted by Gasteiger charge is 2.15. The van der Waals surface area contributed by atoms with Crippen LogP contribution >= 0.6 is 34.4 Å². The lowest BCUT2D eigenvalue weighted by Crippen LogP contribution is -2.16. The number of sulfonamides is 1. The van der Waals surface area contributed by atoms with Crippen LogP contribution in [-0.4, -0.2) is 19.2 Å². The van der Waals surface area contributed by atoms with Gasteiger partial charge < -0.3 is 4.57 Å². The summed E-state index contributed by atoms with van der Waals surface area (Å²) in [6.07, 6.45) is 2.95. The maximum Gasteiger partial charge on any atom is 0.294 e. The Labute approximate surface area is 147 Å². The first kappa shape index (κ1) is 16.8. The van der Waals surface area contributed by atoms with Gasteiger partial charge in [0.15, 0.2) is 0 Å². The second-order valence-electron chi connectivity index (χ2n) is 4.87. The zero-order chi connectivity index (χ0) is 16.4. The fourth-order valence-corrected chi connectivity index (χ4v) is 6.03. The molecule has 0 saturated heterocycles. The van der Waals surface area contributed by atoms with Crippen LogP contribution in [0.25, 0.3) is 10.2 Å². The Morgan fingerprint density at radius 1 is 1.30 bits per heavy atom. The molecule has 3 rings (SSSR count). The Morgan fingerprint density at radius 3 is 2.78 bits per heavy atom. The Morgan fingerprint density at radius 2 is 2.13 bits per heavy atom. The second-order valence-corrected chi connectivity index (χ2v) is 9.54. The first-order chi connectivity index (χ1) is 11.0. The van der Waals surface area contributed by atoms with Gasteiger partial charge in [0.05, 0.1) is 10.2 Å². The van der Waals surface area contributed by atoms with Crippen molar-refractivity contribution in [1.29, 1.82) is 0 Å². The molecule has 23 heavy (non-hydrogen) atoms. The molecule has 3 aromatic rings. The molecule has 0 fully saturated rings. The third-order valence-electron chi connectivity index (χ3n) is 3.28. The van der Waals surface area contributed by atoms with Crippen molar-refractivity contribution in [2.45, 2.75) is 29.0 Å². The van der Waals surface area contributed by atoms with E-state index in [1.165, 1.54) is 22.7 Å². The molecule has 8 heteroatoms. The van der Waals surface area contributed by atoms with Crippen LogP contribution in [0.5, 0.6) is 0 Å². The first-order valence-electron chi connectivity index (χ1n) is 7.07. The predicted molar refractivity (Wildman–Crippen MR) is 99.0 cm³/mol. The number of benzene rings is 1. The molecule has 0 saturated carbocycles. The van der Waals surface area contributed by atoms with Gasteiger partial charge in [-0.3, -0.25) is 0 Å². The maximum atomic E-state index is 12.5. The Balaban J connectivity index is 2.23. The fraction of sp³-hybridized carbons (Fsp3) is 0.267. The number of hydrogen-bond donors (Lipinski definition) is 0. The molecule has 0 atom stereocenters. The molecular formula is C15H16N2O2S4. The van der Waals surface area contributed by atoms with Crippen molar-refractivity contribution in [3.05, 3.63) is 40.5 Å². The van der Waals surface area contributed by atoms with E-state index < -0.39 is 10.0 Å². The Hall–Kier alpha value is -1.09. The van der Waals surface area contributed by atoms with Gasteiger partial charge in [-0.25, -0.2) is 0 Å². The average molecular weight is 385 g/mol. The lowest BCUT2D eigenvalue weighted by Gasteiger charge is -2.03. The van der Waals surface area contributed by atoms with Gasteiger partial charge in [-0.05, 0) is 42.3 Å². The fourth-order valence-electron chi connectivity index (χ4n) is 2.25.